The van der Waals surface area contributed by atoms with Crippen LogP contribution < -0.4 is 4.90 Å². The van der Waals surface area contributed by atoms with Crippen molar-refractivity contribution in [3.05, 3.63) is 48.3 Å². The zero-order chi connectivity index (χ0) is 17.9. The number of fused-ring (bicyclic) bond motifs is 1. The second-order valence-corrected chi connectivity index (χ2v) is 6.14. The molecule has 1 aromatic carbocycles. The lowest BCUT2D eigenvalue weighted by Crippen LogP contribution is -2.48. The first-order valence-corrected chi connectivity index (χ1v) is 8.50. The molecule has 1 aliphatic rings. The van der Waals surface area contributed by atoms with Crippen molar-refractivity contribution in [2.75, 3.05) is 31.1 Å². The van der Waals surface area contributed by atoms with E-state index in [0.717, 1.165) is 11.4 Å². The van der Waals surface area contributed by atoms with Crippen molar-refractivity contribution in [1.82, 2.24) is 29.9 Å². The molecule has 2 aromatic heterocycles. The molecule has 1 fully saturated rings. The molecule has 4 rings (SSSR count). The average molecular weight is 349 g/mol. The molecule has 0 bridgehead atoms. The van der Waals surface area contributed by atoms with Crippen LogP contribution in [0.5, 0.6) is 0 Å². The monoisotopic (exact) mass is 349 g/mol. The highest BCUT2D eigenvalue weighted by Gasteiger charge is 2.23. The summed E-state index contributed by atoms with van der Waals surface area (Å²) in [6, 6.07) is 9.82. The van der Waals surface area contributed by atoms with Gasteiger partial charge in [-0.1, -0.05) is 35.5 Å². The van der Waals surface area contributed by atoms with Crippen LogP contribution in [0.25, 0.3) is 17.2 Å². The van der Waals surface area contributed by atoms with E-state index >= 15 is 0 Å². The van der Waals surface area contributed by atoms with Crippen LogP contribution in [-0.4, -0.2) is 61.9 Å². The molecule has 8 nitrogen and oxygen atoms in total. The minimum Gasteiger partial charge on any atom is -0.351 e. The Kier molecular flexibility index (Phi) is 4.30. The van der Waals surface area contributed by atoms with Gasteiger partial charge in [-0.3, -0.25) is 4.79 Å². The molecular formula is C18H19N7O. The lowest BCUT2D eigenvalue weighted by atomic mass is 10.2. The lowest BCUT2D eigenvalue weighted by Gasteiger charge is -2.34. The second-order valence-electron chi connectivity index (χ2n) is 6.14. The zero-order valence-electron chi connectivity index (χ0n) is 14.5. The SMILES string of the molecule is Cn1nnc2c(N3CCN(C(=O)/C=C/c4ccccc4)CC3)ncnc21. The topological polar surface area (TPSA) is 80.0 Å². The van der Waals surface area contributed by atoms with Crippen molar-refractivity contribution in [1.29, 1.82) is 0 Å². The summed E-state index contributed by atoms with van der Waals surface area (Å²) in [5, 5.41) is 8.18. The van der Waals surface area contributed by atoms with E-state index in [-0.39, 0.29) is 5.91 Å². The van der Waals surface area contributed by atoms with Crippen molar-refractivity contribution in [3.63, 3.8) is 0 Å². The van der Waals surface area contributed by atoms with Crippen molar-refractivity contribution < 1.29 is 4.79 Å². The summed E-state index contributed by atoms with van der Waals surface area (Å²) >= 11 is 0. The highest BCUT2D eigenvalue weighted by Crippen LogP contribution is 2.21. The second kappa shape index (κ2) is 6.91. The van der Waals surface area contributed by atoms with Gasteiger partial charge in [0.25, 0.3) is 0 Å². The van der Waals surface area contributed by atoms with Crippen LogP contribution in [0.1, 0.15) is 5.56 Å². The number of benzene rings is 1. The summed E-state index contributed by atoms with van der Waals surface area (Å²) in [4.78, 5) is 25.0. The molecule has 3 heterocycles. The normalized spacial score (nSPS) is 15.1. The van der Waals surface area contributed by atoms with E-state index in [9.17, 15) is 4.79 Å². The number of carbonyl (C=O) groups is 1. The summed E-state index contributed by atoms with van der Waals surface area (Å²) in [7, 11) is 1.81. The smallest absolute Gasteiger partial charge is 0.246 e. The molecule has 0 N–H and O–H groups in total. The van der Waals surface area contributed by atoms with Gasteiger partial charge < -0.3 is 9.80 Å². The number of rotatable bonds is 3. The maximum atomic E-state index is 12.4. The Hall–Kier alpha value is -3.29. The Morgan fingerprint density at radius 3 is 2.62 bits per heavy atom. The van der Waals surface area contributed by atoms with E-state index in [1.807, 2.05) is 48.4 Å². The van der Waals surface area contributed by atoms with Gasteiger partial charge in [0.1, 0.15) is 6.33 Å². The molecule has 0 radical (unpaired) electrons. The van der Waals surface area contributed by atoms with E-state index in [2.05, 4.69) is 25.2 Å². The number of carbonyl (C=O) groups excluding carboxylic acids is 1. The predicted octanol–water partition coefficient (Wildman–Crippen LogP) is 1.12. The van der Waals surface area contributed by atoms with Crippen molar-refractivity contribution >= 4 is 29.0 Å². The minimum atomic E-state index is 0.0286. The molecule has 1 aliphatic heterocycles. The van der Waals surface area contributed by atoms with Crippen LogP contribution in [0.2, 0.25) is 0 Å². The Balaban J connectivity index is 1.42. The summed E-state index contributed by atoms with van der Waals surface area (Å²) in [5.74, 6) is 0.802. The molecule has 0 unspecified atom stereocenters. The van der Waals surface area contributed by atoms with E-state index in [1.165, 1.54) is 6.33 Å². The van der Waals surface area contributed by atoms with Gasteiger partial charge in [-0.05, 0) is 11.6 Å². The van der Waals surface area contributed by atoms with Crippen molar-refractivity contribution in [2.24, 2.45) is 7.05 Å². The summed E-state index contributed by atoms with van der Waals surface area (Å²) < 4.78 is 1.63. The molecule has 1 amide bonds. The van der Waals surface area contributed by atoms with Crippen LogP contribution in [0.3, 0.4) is 0 Å². The van der Waals surface area contributed by atoms with E-state index < -0.39 is 0 Å². The maximum absolute atomic E-state index is 12.4. The molecule has 0 aliphatic carbocycles. The quantitative estimate of drug-likeness (QED) is 0.659. The van der Waals surface area contributed by atoms with E-state index in [0.29, 0.717) is 37.3 Å². The van der Waals surface area contributed by atoms with Crippen molar-refractivity contribution in [3.8, 4) is 0 Å². The number of hydrogen-bond donors (Lipinski definition) is 0. The van der Waals surface area contributed by atoms with Crippen LogP contribution in [-0.2, 0) is 11.8 Å². The third kappa shape index (κ3) is 3.13. The molecule has 26 heavy (non-hydrogen) atoms. The van der Waals surface area contributed by atoms with Gasteiger partial charge in [-0.15, -0.1) is 5.10 Å². The molecule has 0 atom stereocenters. The van der Waals surface area contributed by atoms with E-state index in [4.69, 9.17) is 0 Å². The lowest BCUT2D eigenvalue weighted by molar-refractivity contribution is -0.126. The highest BCUT2D eigenvalue weighted by atomic mass is 16.2. The number of anilines is 1. The molecule has 1 saturated heterocycles. The Morgan fingerprint density at radius 1 is 1.08 bits per heavy atom. The first kappa shape index (κ1) is 16.2. The fraction of sp³-hybridized carbons (Fsp3) is 0.278. The van der Waals surface area contributed by atoms with Crippen LogP contribution in [0, 0.1) is 0 Å². The maximum Gasteiger partial charge on any atom is 0.246 e. The fourth-order valence-electron chi connectivity index (χ4n) is 3.05. The molecular weight excluding hydrogens is 330 g/mol. The van der Waals surface area contributed by atoms with Gasteiger partial charge in [-0.25, -0.2) is 14.6 Å². The Labute approximate surface area is 150 Å². The molecule has 8 heteroatoms. The largest absolute Gasteiger partial charge is 0.351 e. The predicted molar refractivity (Wildman–Crippen MR) is 98.4 cm³/mol. The summed E-state index contributed by atoms with van der Waals surface area (Å²) in [5.41, 5.74) is 2.42. The number of piperazine rings is 1. The van der Waals surface area contributed by atoms with Gasteiger partial charge >= 0.3 is 0 Å². The van der Waals surface area contributed by atoms with E-state index in [1.54, 1.807) is 10.8 Å². The number of aromatic nitrogens is 5. The third-order valence-corrected chi connectivity index (χ3v) is 4.48. The summed E-state index contributed by atoms with van der Waals surface area (Å²) in [6.07, 6.45) is 5.01. The highest BCUT2D eigenvalue weighted by molar-refractivity contribution is 5.92. The number of amides is 1. The van der Waals surface area contributed by atoms with Crippen LogP contribution >= 0.6 is 0 Å². The van der Waals surface area contributed by atoms with Crippen LogP contribution in [0.4, 0.5) is 5.82 Å². The molecule has 0 saturated carbocycles. The Bertz CT molecular complexity index is 943. The fourth-order valence-corrected chi connectivity index (χ4v) is 3.05. The molecule has 132 valence electrons. The van der Waals surface area contributed by atoms with Gasteiger partial charge in [0.05, 0.1) is 0 Å². The third-order valence-electron chi connectivity index (χ3n) is 4.48. The zero-order valence-corrected chi connectivity index (χ0v) is 14.5. The van der Waals surface area contributed by atoms with Gasteiger partial charge in [-0.2, -0.15) is 0 Å². The van der Waals surface area contributed by atoms with Crippen LogP contribution in [0.15, 0.2) is 42.7 Å². The number of aryl methyl sites for hydroxylation is 1. The first-order valence-electron chi connectivity index (χ1n) is 8.50. The summed E-state index contributed by atoms with van der Waals surface area (Å²) in [6.45, 7) is 2.69. The van der Waals surface area contributed by atoms with Gasteiger partial charge in [0.15, 0.2) is 17.0 Å². The number of nitrogens with zero attached hydrogens (tertiary/aromatic N) is 7. The standard InChI is InChI=1S/C18H19N7O/c1-23-17-16(21-22-23)18(20-13-19-17)25-11-9-24(10-12-25)15(26)8-7-14-5-3-2-4-6-14/h2-8,13H,9-12H2,1H3/b8-7+. The molecule has 3 aromatic rings. The molecule has 0 spiro atoms. The average Bonchev–Trinajstić information content (AvgIpc) is 3.08. The van der Waals surface area contributed by atoms with Gasteiger partial charge in [0.2, 0.25) is 5.91 Å². The Morgan fingerprint density at radius 2 is 1.85 bits per heavy atom. The number of hydrogen-bond acceptors (Lipinski definition) is 6. The van der Waals surface area contributed by atoms with Gasteiger partial charge in [0, 0.05) is 39.3 Å². The van der Waals surface area contributed by atoms with Crippen molar-refractivity contribution in [2.45, 2.75) is 0 Å². The minimum absolute atomic E-state index is 0.0286. The first-order chi connectivity index (χ1) is 12.7.